The van der Waals surface area contributed by atoms with E-state index < -0.39 is 0 Å². The van der Waals surface area contributed by atoms with Crippen LogP contribution in [0.3, 0.4) is 0 Å². The van der Waals surface area contributed by atoms with Crippen LogP contribution in [0.15, 0.2) is 0 Å². The molecule has 1 aliphatic carbocycles. The highest BCUT2D eigenvalue weighted by Gasteiger charge is 2.40. The molecule has 0 saturated heterocycles. The van der Waals surface area contributed by atoms with Gasteiger partial charge in [0.1, 0.15) is 5.78 Å². The number of carbonyl (C=O) groups is 1. The third-order valence-electron chi connectivity index (χ3n) is 4.29. The van der Waals surface area contributed by atoms with Crippen molar-refractivity contribution in [3.8, 4) is 0 Å². The van der Waals surface area contributed by atoms with Crippen LogP contribution in [0.4, 0.5) is 0 Å². The fraction of sp³-hybridized carbons (Fsp3) is 0.938. The van der Waals surface area contributed by atoms with Gasteiger partial charge in [0.25, 0.3) is 0 Å². The molecule has 1 unspecified atom stereocenters. The molecule has 0 N–H and O–H groups in total. The van der Waals surface area contributed by atoms with Crippen molar-refractivity contribution < 1.29 is 4.79 Å². The zero-order valence-electron chi connectivity index (χ0n) is 12.8. The number of unbranched alkanes of at least 4 members (excludes halogenated alkanes) is 2. The zero-order chi connectivity index (χ0) is 13.6. The molecule has 0 radical (unpaired) electrons. The van der Waals surface area contributed by atoms with Gasteiger partial charge in [-0.3, -0.25) is 4.79 Å². The normalized spacial score (nSPS) is 22.9. The van der Waals surface area contributed by atoms with Crippen LogP contribution in [0.2, 0.25) is 0 Å². The standard InChI is InChI=1S/C16H31NO/c1-5-7-11-17(12-8-6-2)13-14-9-10-16(3,4)15(14)18/h14H,5-13H2,1-4H3. The molecule has 1 rings (SSSR count). The molecule has 1 saturated carbocycles. The Kier molecular flexibility index (Phi) is 6.34. The molecule has 0 aromatic carbocycles. The van der Waals surface area contributed by atoms with Crippen LogP contribution in [-0.2, 0) is 4.79 Å². The zero-order valence-corrected chi connectivity index (χ0v) is 12.8. The van der Waals surface area contributed by atoms with Crippen LogP contribution in [0.25, 0.3) is 0 Å². The lowest BCUT2D eigenvalue weighted by Crippen LogP contribution is -2.35. The number of hydrogen-bond acceptors (Lipinski definition) is 2. The first kappa shape index (κ1) is 15.7. The lowest BCUT2D eigenvalue weighted by molar-refractivity contribution is -0.127. The summed E-state index contributed by atoms with van der Waals surface area (Å²) in [5, 5.41) is 0. The summed E-state index contributed by atoms with van der Waals surface area (Å²) in [6.07, 6.45) is 7.17. The highest BCUT2D eigenvalue weighted by atomic mass is 16.1. The van der Waals surface area contributed by atoms with Gasteiger partial charge >= 0.3 is 0 Å². The van der Waals surface area contributed by atoms with Crippen LogP contribution in [0.1, 0.15) is 66.2 Å². The van der Waals surface area contributed by atoms with Gasteiger partial charge in [0.2, 0.25) is 0 Å². The van der Waals surface area contributed by atoms with Crippen molar-refractivity contribution in [2.24, 2.45) is 11.3 Å². The minimum Gasteiger partial charge on any atom is -0.303 e. The second kappa shape index (κ2) is 7.28. The molecule has 2 nitrogen and oxygen atoms in total. The lowest BCUT2D eigenvalue weighted by Gasteiger charge is -2.25. The highest BCUT2D eigenvalue weighted by molar-refractivity contribution is 5.88. The summed E-state index contributed by atoms with van der Waals surface area (Å²) in [7, 11) is 0. The fourth-order valence-corrected chi connectivity index (χ4v) is 2.89. The predicted molar refractivity (Wildman–Crippen MR) is 77.8 cm³/mol. The van der Waals surface area contributed by atoms with E-state index in [1.165, 1.54) is 38.8 Å². The SMILES string of the molecule is CCCCN(CCCC)CC1CCC(C)(C)C1=O. The van der Waals surface area contributed by atoms with Gasteiger partial charge in [0.05, 0.1) is 0 Å². The van der Waals surface area contributed by atoms with Gasteiger partial charge in [-0.15, -0.1) is 0 Å². The summed E-state index contributed by atoms with van der Waals surface area (Å²) < 4.78 is 0. The van der Waals surface area contributed by atoms with Gasteiger partial charge in [-0.05, 0) is 38.8 Å². The van der Waals surface area contributed by atoms with E-state index in [0.717, 1.165) is 19.4 Å². The minimum absolute atomic E-state index is 0.0636. The summed E-state index contributed by atoms with van der Waals surface area (Å²) >= 11 is 0. The molecule has 0 bridgehead atoms. The summed E-state index contributed by atoms with van der Waals surface area (Å²) in [6, 6.07) is 0. The molecule has 0 heterocycles. The predicted octanol–water partition coefficient (Wildman–Crippen LogP) is 3.89. The molecule has 1 atom stereocenters. The first-order valence-electron chi connectivity index (χ1n) is 7.78. The quantitative estimate of drug-likeness (QED) is 0.654. The maximum Gasteiger partial charge on any atom is 0.142 e. The van der Waals surface area contributed by atoms with Crippen molar-refractivity contribution in [3.05, 3.63) is 0 Å². The number of nitrogens with zero attached hydrogens (tertiary/aromatic N) is 1. The second-order valence-corrected chi connectivity index (χ2v) is 6.49. The van der Waals surface area contributed by atoms with Crippen LogP contribution >= 0.6 is 0 Å². The summed E-state index contributed by atoms with van der Waals surface area (Å²) in [5.41, 5.74) is -0.0636. The Balaban J connectivity index is 2.47. The highest BCUT2D eigenvalue weighted by Crippen LogP contribution is 2.37. The number of carbonyl (C=O) groups excluding carboxylic acids is 1. The number of rotatable bonds is 8. The molecular weight excluding hydrogens is 222 g/mol. The molecule has 0 aliphatic heterocycles. The van der Waals surface area contributed by atoms with Gasteiger partial charge < -0.3 is 4.90 Å². The largest absolute Gasteiger partial charge is 0.303 e. The van der Waals surface area contributed by atoms with Crippen molar-refractivity contribution in [2.45, 2.75) is 66.2 Å². The van der Waals surface area contributed by atoms with Gasteiger partial charge in [-0.1, -0.05) is 40.5 Å². The topological polar surface area (TPSA) is 20.3 Å². The van der Waals surface area contributed by atoms with Gasteiger partial charge in [-0.2, -0.15) is 0 Å². The number of ketones is 1. The molecule has 2 heteroatoms. The maximum atomic E-state index is 12.3. The summed E-state index contributed by atoms with van der Waals surface area (Å²) in [5.74, 6) is 0.800. The Morgan fingerprint density at radius 1 is 1.17 bits per heavy atom. The summed E-state index contributed by atoms with van der Waals surface area (Å²) in [4.78, 5) is 14.8. The van der Waals surface area contributed by atoms with E-state index in [-0.39, 0.29) is 5.41 Å². The Bertz CT molecular complexity index is 252. The van der Waals surface area contributed by atoms with E-state index in [1.807, 2.05) is 0 Å². The van der Waals surface area contributed by atoms with E-state index in [1.54, 1.807) is 0 Å². The smallest absolute Gasteiger partial charge is 0.142 e. The van der Waals surface area contributed by atoms with Gasteiger partial charge in [0.15, 0.2) is 0 Å². The number of hydrogen-bond donors (Lipinski definition) is 0. The van der Waals surface area contributed by atoms with E-state index >= 15 is 0 Å². The Morgan fingerprint density at radius 2 is 1.72 bits per heavy atom. The monoisotopic (exact) mass is 253 g/mol. The number of Topliss-reactive ketones (excluding diaryl/α,β-unsaturated/α-hetero) is 1. The van der Waals surface area contributed by atoms with Crippen molar-refractivity contribution in [2.75, 3.05) is 19.6 Å². The van der Waals surface area contributed by atoms with E-state index in [2.05, 4.69) is 32.6 Å². The van der Waals surface area contributed by atoms with Crippen LogP contribution < -0.4 is 0 Å². The van der Waals surface area contributed by atoms with Crippen LogP contribution in [0.5, 0.6) is 0 Å². The molecule has 1 aliphatic rings. The third kappa shape index (κ3) is 4.38. The molecule has 0 aromatic rings. The van der Waals surface area contributed by atoms with E-state index in [9.17, 15) is 4.79 Å². The maximum absolute atomic E-state index is 12.3. The Labute approximate surface area is 113 Å². The molecule has 106 valence electrons. The minimum atomic E-state index is -0.0636. The fourth-order valence-electron chi connectivity index (χ4n) is 2.89. The molecule has 0 aromatic heterocycles. The average molecular weight is 253 g/mol. The summed E-state index contributed by atoms with van der Waals surface area (Å²) in [6.45, 7) is 12.0. The van der Waals surface area contributed by atoms with Crippen molar-refractivity contribution >= 4 is 5.78 Å². The van der Waals surface area contributed by atoms with Crippen LogP contribution in [0, 0.1) is 11.3 Å². The molecule has 18 heavy (non-hydrogen) atoms. The first-order chi connectivity index (χ1) is 8.51. The van der Waals surface area contributed by atoms with E-state index in [0.29, 0.717) is 11.7 Å². The van der Waals surface area contributed by atoms with Crippen LogP contribution in [-0.4, -0.2) is 30.3 Å². The lowest BCUT2D eigenvalue weighted by atomic mass is 9.89. The Morgan fingerprint density at radius 3 is 2.11 bits per heavy atom. The molecule has 0 amide bonds. The average Bonchev–Trinajstić information content (AvgIpc) is 2.59. The second-order valence-electron chi connectivity index (χ2n) is 6.49. The Hall–Kier alpha value is -0.370. The van der Waals surface area contributed by atoms with Gasteiger partial charge in [0, 0.05) is 17.9 Å². The first-order valence-corrected chi connectivity index (χ1v) is 7.78. The van der Waals surface area contributed by atoms with Gasteiger partial charge in [-0.25, -0.2) is 0 Å². The third-order valence-corrected chi connectivity index (χ3v) is 4.29. The van der Waals surface area contributed by atoms with Crippen molar-refractivity contribution in [1.82, 2.24) is 4.90 Å². The molecule has 0 spiro atoms. The molecular formula is C16H31NO. The molecule has 1 fully saturated rings. The van der Waals surface area contributed by atoms with E-state index in [4.69, 9.17) is 0 Å². The van der Waals surface area contributed by atoms with Crippen molar-refractivity contribution in [1.29, 1.82) is 0 Å². The van der Waals surface area contributed by atoms with Crippen molar-refractivity contribution in [3.63, 3.8) is 0 Å².